The fourth-order valence-electron chi connectivity index (χ4n) is 3.63. The Morgan fingerprint density at radius 1 is 1.17 bits per heavy atom. The predicted octanol–water partition coefficient (Wildman–Crippen LogP) is 6.12. The van der Waals surface area contributed by atoms with Gasteiger partial charge in [0.05, 0.1) is 23.7 Å². The number of thiophene rings is 1. The maximum absolute atomic E-state index is 11.4. The lowest BCUT2D eigenvalue weighted by Gasteiger charge is -2.13. The van der Waals surface area contributed by atoms with Gasteiger partial charge in [-0.15, -0.1) is 11.3 Å². The van der Waals surface area contributed by atoms with Crippen molar-refractivity contribution in [2.45, 2.75) is 30.3 Å². The van der Waals surface area contributed by atoms with E-state index in [0.29, 0.717) is 23.2 Å². The van der Waals surface area contributed by atoms with Crippen LogP contribution in [-0.4, -0.2) is 28.8 Å². The summed E-state index contributed by atoms with van der Waals surface area (Å²) in [6.07, 6.45) is 2.90. The Labute approximate surface area is 182 Å². The summed E-state index contributed by atoms with van der Waals surface area (Å²) < 4.78 is 5.75. The Balaban J connectivity index is 1.48. The molecule has 0 atom stereocenters. The minimum Gasteiger partial charge on any atom is -0.469 e. The highest BCUT2D eigenvalue weighted by Crippen LogP contribution is 2.44. The van der Waals surface area contributed by atoms with Crippen LogP contribution in [0.1, 0.15) is 30.7 Å². The van der Waals surface area contributed by atoms with Crippen LogP contribution in [0.5, 0.6) is 0 Å². The van der Waals surface area contributed by atoms with Gasteiger partial charge < -0.3 is 10.1 Å². The molecule has 2 heterocycles. The van der Waals surface area contributed by atoms with Gasteiger partial charge in [-0.25, -0.2) is 9.97 Å². The molecule has 1 N–H and O–H groups in total. The lowest BCUT2D eigenvalue weighted by molar-refractivity contribution is -0.140. The monoisotopic (exact) mass is 435 g/mol. The van der Waals surface area contributed by atoms with Gasteiger partial charge >= 0.3 is 5.97 Å². The molecule has 0 spiro atoms. The largest absolute Gasteiger partial charge is 0.469 e. The highest BCUT2D eigenvalue weighted by molar-refractivity contribution is 7.99. The second kappa shape index (κ2) is 8.24. The first-order valence-electron chi connectivity index (χ1n) is 9.96. The SMILES string of the molecule is COC(=O)CCSc1nc(Nc2ccc(C3CC3)c3ccccc23)c2sccc2n1. The molecule has 1 aliphatic rings. The summed E-state index contributed by atoms with van der Waals surface area (Å²) in [5.74, 6) is 1.87. The number of nitrogens with zero attached hydrogens (tertiary/aromatic N) is 2. The zero-order valence-corrected chi connectivity index (χ0v) is 18.2. The van der Waals surface area contributed by atoms with Crippen molar-refractivity contribution in [1.29, 1.82) is 0 Å². The van der Waals surface area contributed by atoms with E-state index in [2.05, 4.69) is 46.7 Å². The number of nitrogens with one attached hydrogen (secondary N) is 1. The van der Waals surface area contributed by atoms with E-state index in [1.54, 1.807) is 11.3 Å². The van der Waals surface area contributed by atoms with Crippen molar-refractivity contribution in [3.63, 3.8) is 0 Å². The van der Waals surface area contributed by atoms with Crippen LogP contribution in [0.25, 0.3) is 21.0 Å². The number of thioether (sulfide) groups is 1. The molecule has 2 aromatic carbocycles. The van der Waals surface area contributed by atoms with Crippen molar-refractivity contribution >= 4 is 61.6 Å². The highest BCUT2D eigenvalue weighted by Gasteiger charge is 2.25. The zero-order chi connectivity index (χ0) is 20.5. The molecular weight excluding hydrogens is 414 g/mol. The molecule has 0 unspecified atom stereocenters. The maximum atomic E-state index is 11.4. The van der Waals surface area contributed by atoms with Crippen molar-refractivity contribution < 1.29 is 9.53 Å². The van der Waals surface area contributed by atoms with Gasteiger partial charge in [-0.2, -0.15) is 0 Å². The average Bonchev–Trinajstić information content (AvgIpc) is 3.50. The van der Waals surface area contributed by atoms with Crippen molar-refractivity contribution in [3.05, 3.63) is 53.4 Å². The van der Waals surface area contributed by atoms with Crippen molar-refractivity contribution in [2.75, 3.05) is 18.2 Å². The number of methoxy groups -OCH3 is 1. The second-order valence-electron chi connectivity index (χ2n) is 7.31. The zero-order valence-electron chi connectivity index (χ0n) is 16.6. The fourth-order valence-corrected chi connectivity index (χ4v) is 5.17. The van der Waals surface area contributed by atoms with Crippen LogP contribution in [0.4, 0.5) is 11.5 Å². The molecule has 0 amide bonds. The average molecular weight is 436 g/mol. The number of anilines is 2. The van der Waals surface area contributed by atoms with Crippen molar-refractivity contribution in [2.24, 2.45) is 0 Å². The van der Waals surface area contributed by atoms with Gasteiger partial charge in [-0.1, -0.05) is 42.1 Å². The topological polar surface area (TPSA) is 64.1 Å². The van der Waals surface area contributed by atoms with E-state index >= 15 is 0 Å². The van der Waals surface area contributed by atoms with Gasteiger partial charge in [0.25, 0.3) is 0 Å². The lowest BCUT2D eigenvalue weighted by atomic mass is 9.99. The Kier molecular flexibility index (Phi) is 5.31. The van der Waals surface area contributed by atoms with Gasteiger partial charge in [0.15, 0.2) is 11.0 Å². The Hall–Kier alpha value is -2.64. The molecule has 1 fully saturated rings. The second-order valence-corrected chi connectivity index (χ2v) is 9.29. The normalized spacial score (nSPS) is 13.6. The van der Waals surface area contributed by atoms with Crippen LogP contribution >= 0.6 is 23.1 Å². The number of aromatic nitrogens is 2. The summed E-state index contributed by atoms with van der Waals surface area (Å²) in [4.78, 5) is 20.8. The summed E-state index contributed by atoms with van der Waals surface area (Å²) in [6, 6.07) is 15.0. The number of esters is 1. The van der Waals surface area contributed by atoms with E-state index in [4.69, 9.17) is 9.72 Å². The quantitative estimate of drug-likeness (QED) is 0.214. The number of hydrogen-bond acceptors (Lipinski definition) is 7. The van der Waals surface area contributed by atoms with Crippen LogP contribution in [0, 0.1) is 0 Å². The Bertz CT molecular complexity index is 1230. The molecule has 5 rings (SSSR count). The van der Waals surface area contributed by atoms with Crippen LogP contribution in [0.2, 0.25) is 0 Å². The summed E-state index contributed by atoms with van der Waals surface area (Å²) in [5.41, 5.74) is 3.41. The van der Waals surface area contributed by atoms with Gasteiger partial charge in [-0.3, -0.25) is 4.79 Å². The van der Waals surface area contributed by atoms with Crippen LogP contribution in [-0.2, 0) is 9.53 Å². The minimum atomic E-state index is -0.223. The number of rotatable bonds is 7. The molecule has 7 heteroatoms. The van der Waals surface area contributed by atoms with Gasteiger partial charge in [0.2, 0.25) is 0 Å². The van der Waals surface area contributed by atoms with E-state index in [1.165, 1.54) is 48.0 Å². The number of hydrogen-bond donors (Lipinski definition) is 1. The van der Waals surface area contributed by atoms with Gasteiger partial charge in [-0.05, 0) is 47.2 Å². The number of carbonyl (C=O) groups excluding carboxylic acids is 1. The maximum Gasteiger partial charge on any atom is 0.306 e. The van der Waals surface area contributed by atoms with Crippen molar-refractivity contribution in [1.82, 2.24) is 9.97 Å². The van der Waals surface area contributed by atoms with Gasteiger partial charge in [0.1, 0.15) is 0 Å². The third kappa shape index (κ3) is 3.87. The summed E-state index contributed by atoms with van der Waals surface area (Å²) in [7, 11) is 1.40. The molecule has 1 aliphatic carbocycles. The van der Waals surface area contributed by atoms with Crippen LogP contribution in [0.15, 0.2) is 53.0 Å². The first-order valence-corrected chi connectivity index (χ1v) is 11.8. The summed E-state index contributed by atoms with van der Waals surface area (Å²) in [6.45, 7) is 0. The molecular formula is C23H21N3O2S2. The third-order valence-electron chi connectivity index (χ3n) is 5.28. The fraction of sp³-hybridized carbons (Fsp3) is 0.261. The molecule has 0 radical (unpaired) electrons. The first kappa shape index (κ1) is 19.3. The van der Waals surface area contributed by atoms with Crippen LogP contribution < -0.4 is 5.32 Å². The number of carbonyl (C=O) groups is 1. The smallest absolute Gasteiger partial charge is 0.306 e. The molecule has 152 valence electrons. The van der Waals surface area contributed by atoms with E-state index in [-0.39, 0.29) is 5.97 Å². The predicted molar refractivity (Wildman–Crippen MR) is 124 cm³/mol. The summed E-state index contributed by atoms with van der Waals surface area (Å²) >= 11 is 3.09. The number of fused-ring (bicyclic) bond motifs is 2. The molecule has 4 aromatic rings. The molecule has 0 bridgehead atoms. The Morgan fingerprint density at radius 3 is 2.80 bits per heavy atom. The minimum absolute atomic E-state index is 0.223. The lowest BCUT2D eigenvalue weighted by Crippen LogP contribution is -2.02. The third-order valence-corrected chi connectivity index (χ3v) is 7.04. The van der Waals surface area contributed by atoms with Gasteiger partial charge in [0, 0.05) is 16.8 Å². The number of benzene rings is 2. The first-order chi connectivity index (χ1) is 14.7. The highest BCUT2D eigenvalue weighted by atomic mass is 32.2. The standard InChI is InChI=1S/C23H21N3O2S2/c1-28-20(27)11-13-30-23-25-19-10-12-29-21(19)22(26-23)24-18-9-8-15(14-6-7-14)16-4-2-3-5-17(16)18/h2-5,8-10,12,14H,6-7,11,13H2,1H3,(H,24,25,26). The number of ether oxygens (including phenoxy) is 1. The van der Waals surface area contributed by atoms with Crippen molar-refractivity contribution in [3.8, 4) is 0 Å². The Morgan fingerprint density at radius 2 is 2.00 bits per heavy atom. The van der Waals surface area contributed by atoms with E-state index in [0.717, 1.165) is 21.7 Å². The van der Waals surface area contributed by atoms with Crippen LogP contribution in [0.3, 0.4) is 0 Å². The van der Waals surface area contributed by atoms with E-state index < -0.39 is 0 Å². The summed E-state index contributed by atoms with van der Waals surface area (Å²) in [5, 5.41) is 8.78. The molecule has 0 aliphatic heterocycles. The van der Waals surface area contributed by atoms with E-state index in [1.807, 2.05) is 11.4 Å². The molecule has 30 heavy (non-hydrogen) atoms. The van der Waals surface area contributed by atoms with E-state index in [9.17, 15) is 4.79 Å². The molecule has 1 saturated carbocycles. The molecule has 2 aromatic heterocycles. The molecule has 0 saturated heterocycles. The molecule has 5 nitrogen and oxygen atoms in total.